The van der Waals surface area contributed by atoms with Crippen LogP contribution in [0.2, 0.25) is 0 Å². The molecule has 3 nitrogen and oxygen atoms in total. The van der Waals surface area contributed by atoms with Crippen LogP contribution in [-0.4, -0.2) is 16.5 Å². The van der Waals surface area contributed by atoms with Gasteiger partial charge in [-0.2, -0.15) is 0 Å². The van der Waals surface area contributed by atoms with Crippen LogP contribution in [0.4, 0.5) is 0 Å². The van der Waals surface area contributed by atoms with E-state index < -0.39 is 0 Å². The van der Waals surface area contributed by atoms with E-state index in [1.54, 1.807) is 11.8 Å². The first-order valence-electron chi connectivity index (χ1n) is 7.07. The monoisotopic (exact) mass is 365 g/mol. The second-order valence-corrected chi connectivity index (χ2v) is 6.89. The highest BCUT2D eigenvalue weighted by Crippen LogP contribution is 2.30. The number of rotatable bonds is 6. The summed E-state index contributed by atoms with van der Waals surface area (Å²) in [5.41, 5.74) is 3.28. The van der Waals surface area contributed by atoms with Crippen molar-refractivity contribution in [3.05, 3.63) is 45.7 Å². The molecule has 0 radical (unpaired) electrons. The Labute approximate surface area is 139 Å². The van der Waals surface area contributed by atoms with E-state index in [1.165, 1.54) is 10.5 Å². The third-order valence-electron chi connectivity index (χ3n) is 2.93. The zero-order valence-electron chi connectivity index (χ0n) is 12.6. The summed E-state index contributed by atoms with van der Waals surface area (Å²) in [4.78, 5) is 10.2. The SMILES string of the molecule is CCCNCc1cc(Br)ccc1Sc1nc(C)cc(C)n1. The van der Waals surface area contributed by atoms with Crippen molar-refractivity contribution >= 4 is 27.7 Å². The molecule has 0 bridgehead atoms. The number of nitrogens with zero attached hydrogens (tertiary/aromatic N) is 2. The van der Waals surface area contributed by atoms with E-state index in [0.29, 0.717) is 0 Å². The number of nitrogens with one attached hydrogen (secondary N) is 1. The van der Waals surface area contributed by atoms with Crippen molar-refractivity contribution in [2.45, 2.75) is 43.8 Å². The topological polar surface area (TPSA) is 37.8 Å². The molecule has 21 heavy (non-hydrogen) atoms. The minimum absolute atomic E-state index is 0.812. The summed E-state index contributed by atoms with van der Waals surface area (Å²) in [5, 5.41) is 4.26. The Hall–Kier alpha value is -0.910. The number of hydrogen-bond donors (Lipinski definition) is 1. The van der Waals surface area contributed by atoms with Gasteiger partial charge in [-0.3, -0.25) is 0 Å². The van der Waals surface area contributed by atoms with E-state index in [9.17, 15) is 0 Å². The largest absolute Gasteiger partial charge is 0.313 e. The van der Waals surface area contributed by atoms with E-state index in [0.717, 1.165) is 40.5 Å². The Morgan fingerprint density at radius 1 is 1.14 bits per heavy atom. The Balaban J connectivity index is 2.21. The lowest BCUT2D eigenvalue weighted by atomic mass is 10.2. The molecule has 5 heteroatoms. The molecule has 112 valence electrons. The molecule has 1 N–H and O–H groups in total. The van der Waals surface area contributed by atoms with Crippen LogP contribution in [0.15, 0.2) is 38.8 Å². The van der Waals surface area contributed by atoms with Crippen molar-refractivity contribution in [2.24, 2.45) is 0 Å². The van der Waals surface area contributed by atoms with Gasteiger partial charge in [0.1, 0.15) is 0 Å². The number of hydrogen-bond acceptors (Lipinski definition) is 4. The zero-order chi connectivity index (χ0) is 15.2. The molecule has 0 spiro atoms. The maximum atomic E-state index is 4.51. The lowest BCUT2D eigenvalue weighted by Crippen LogP contribution is -2.14. The van der Waals surface area contributed by atoms with Crippen molar-refractivity contribution < 1.29 is 0 Å². The van der Waals surface area contributed by atoms with E-state index in [-0.39, 0.29) is 0 Å². The Morgan fingerprint density at radius 2 is 1.86 bits per heavy atom. The molecule has 2 rings (SSSR count). The molecule has 0 saturated heterocycles. The highest BCUT2D eigenvalue weighted by molar-refractivity contribution is 9.10. The average Bonchev–Trinajstić information content (AvgIpc) is 2.41. The average molecular weight is 366 g/mol. The highest BCUT2D eigenvalue weighted by Gasteiger charge is 2.08. The molecule has 1 aromatic heterocycles. The zero-order valence-corrected chi connectivity index (χ0v) is 15.0. The van der Waals surface area contributed by atoms with Gasteiger partial charge in [-0.15, -0.1) is 0 Å². The summed E-state index contributed by atoms with van der Waals surface area (Å²) in [5.74, 6) is 0. The van der Waals surface area contributed by atoms with Crippen LogP contribution in [0.25, 0.3) is 0 Å². The van der Waals surface area contributed by atoms with Gasteiger partial charge in [0.25, 0.3) is 0 Å². The molecule has 1 aromatic carbocycles. The van der Waals surface area contributed by atoms with Crippen LogP contribution < -0.4 is 5.32 Å². The van der Waals surface area contributed by atoms with Gasteiger partial charge < -0.3 is 5.32 Å². The predicted octanol–water partition coefficient (Wildman–Crippen LogP) is 4.51. The molecule has 0 amide bonds. The summed E-state index contributed by atoms with van der Waals surface area (Å²) in [6.07, 6.45) is 1.14. The molecule has 0 aliphatic rings. The fourth-order valence-corrected chi connectivity index (χ4v) is 3.41. The van der Waals surface area contributed by atoms with Gasteiger partial charge in [0.05, 0.1) is 0 Å². The van der Waals surface area contributed by atoms with Crippen molar-refractivity contribution in [3.63, 3.8) is 0 Å². The Morgan fingerprint density at radius 3 is 2.52 bits per heavy atom. The van der Waals surface area contributed by atoms with Crippen LogP contribution in [0, 0.1) is 13.8 Å². The maximum absolute atomic E-state index is 4.51. The quantitative estimate of drug-likeness (QED) is 0.603. The van der Waals surface area contributed by atoms with Gasteiger partial charge in [-0.1, -0.05) is 22.9 Å². The highest BCUT2D eigenvalue weighted by atomic mass is 79.9. The summed E-state index contributed by atoms with van der Waals surface area (Å²) >= 11 is 5.17. The van der Waals surface area contributed by atoms with Crippen molar-refractivity contribution in [1.29, 1.82) is 0 Å². The molecule has 0 fully saturated rings. The molecule has 0 aliphatic heterocycles. The first-order chi connectivity index (χ1) is 10.1. The minimum Gasteiger partial charge on any atom is -0.313 e. The summed E-state index contributed by atoms with van der Waals surface area (Å²) < 4.78 is 1.10. The number of halogens is 1. The van der Waals surface area contributed by atoms with Gasteiger partial charge in [0, 0.05) is 27.3 Å². The van der Waals surface area contributed by atoms with E-state index in [4.69, 9.17) is 0 Å². The molecule has 0 unspecified atom stereocenters. The summed E-state index contributed by atoms with van der Waals surface area (Å²) in [6.45, 7) is 8.07. The van der Waals surface area contributed by atoms with Crippen molar-refractivity contribution in [2.75, 3.05) is 6.54 Å². The summed E-state index contributed by atoms with van der Waals surface area (Å²) in [6, 6.07) is 8.34. The fraction of sp³-hybridized carbons (Fsp3) is 0.375. The smallest absolute Gasteiger partial charge is 0.192 e. The molecule has 2 aromatic rings. The van der Waals surface area contributed by atoms with Crippen LogP contribution in [0.1, 0.15) is 30.3 Å². The minimum atomic E-state index is 0.812. The number of aromatic nitrogens is 2. The Bertz CT molecular complexity index is 596. The van der Waals surface area contributed by atoms with Gasteiger partial charge in [-0.05, 0) is 68.4 Å². The third-order valence-corrected chi connectivity index (χ3v) is 4.40. The van der Waals surface area contributed by atoms with E-state index >= 15 is 0 Å². The predicted molar refractivity (Wildman–Crippen MR) is 91.8 cm³/mol. The van der Waals surface area contributed by atoms with E-state index in [1.807, 2.05) is 19.9 Å². The third kappa shape index (κ3) is 5.09. The molecule has 0 atom stereocenters. The normalized spacial score (nSPS) is 10.9. The number of benzene rings is 1. The van der Waals surface area contributed by atoms with Crippen LogP contribution >= 0.6 is 27.7 Å². The Kier molecular flexibility index (Phi) is 6.21. The van der Waals surface area contributed by atoms with Crippen LogP contribution in [-0.2, 0) is 6.54 Å². The first kappa shape index (κ1) is 16.5. The standard InChI is InChI=1S/C16H20BrN3S/c1-4-7-18-10-13-9-14(17)5-6-15(13)21-16-19-11(2)8-12(3)20-16/h5-6,8-9,18H,4,7,10H2,1-3H3. The second kappa shape index (κ2) is 7.92. The summed E-state index contributed by atoms with van der Waals surface area (Å²) in [7, 11) is 0. The molecular weight excluding hydrogens is 346 g/mol. The van der Waals surface area contributed by atoms with Gasteiger partial charge in [0.15, 0.2) is 5.16 Å². The lowest BCUT2D eigenvalue weighted by Gasteiger charge is -2.10. The molecular formula is C16H20BrN3S. The first-order valence-corrected chi connectivity index (χ1v) is 8.68. The molecule has 0 saturated carbocycles. The van der Waals surface area contributed by atoms with Gasteiger partial charge >= 0.3 is 0 Å². The molecule has 1 heterocycles. The second-order valence-electron chi connectivity index (χ2n) is 4.96. The maximum Gasteiger partial charge on any atom is 0.192 e. The van der Waals surface area contributed by atoms with Crippen molar-refractivity contribution in [3.8, 4) is 0 Å². The van der Waals surface area contributed by atoms with Gasteiger partial charge in [0.2, 0.25) is 0 Å². The van der Waals surface area contributed by atoms with E-state index in [2.05, 4.69) is 56.3 Å². The number of aryl methyl sites for hydroxylation is 2. The van der Waals surface area contributed by atoms with Crippen LogP contribution in [0.5, 0.6) is 0 Å². The molecule has 0 aliphatic carbocycles. The van der Waals surface area contributed by atoms with Crippen molar-refractivity contribution in [1.82, 2.24) is 15.3 Å². The van der Waals surface area contributed by atoms with Gasteiger partial charge in [-0.25, -0.2) is 9.97 Å². The van der Waals surface area contributed by atoms with Crippen LogP contribution in [0.3, 0.4) is 0 Å². The lowest BCUT2D eigenvalue weighted by molar-refractivity contribution is 0.669. The fourth-order valence-electron chi connectivity index (χ4n) is 2.02.